The van der Waals surface area contributed by atoms with Gasteiger partial charge in [-0.15, -0.1) is 11.3 Å². The zero-order valence-electron chi connectivity index (χ0n) is 16.7. The Labute approximate surface area is 186 Å². The summed E-state index contributed by atoms with van der Waals surface area (Å²) in [5.74, 6) is 0.357. The number of aromatic nitrogens is 1. The van der Waals surface area contributed by atoms with Crippen molar-refractivity contribution in [3.63, 3.8) is 0 Å². The lowest BCUT2D eigenvalue weighted by molar-refractivity contribution is -0.118. The number of para-hydroxylation sites is 1. The van der Waals surface area contributed by atoms with Gasteiger partial charge < -0.3 is 25.4 Å². The summed E-state index contributed by atoms with van der Waals surface area (Å²) in [6, 6.07) is 11.5. The van der Waals surface area contributed by atoms with E-state index in [4.69, 9.17) is 9.47 Å². The quantitative estimate of drug-likeness (QED) is 0.550. The number of hydrogen-bond acceptors (Lipinski definition) is 7. The smallest absolute Gasteiger partial charge is 0.254 e. The summed E-state index contributed by atoms with van der Waals surface area (Å²) in [5, 5.41) is 10.5. The number of hydrogen-bond donors (Lipinski definition) is 3. The van der Waals surface area contributed by atoms with E-state index in [2.05, 4.69) is 20.9 Å². The topological polar surface area (TPSA) is 119 Å². The number of nitrogens with zero attached hydrogens (tertiary/aromatic N) is 1. The molecule has 1 atom stereocenters. The maximum Gasteiger partial charge on any atom is 0.254 e. The molecule has 0 saturated carbocycles. The standard InChI is InChI=1S/C22H18N4O5S/c27-19(8-6-15-21(29)23-14-4-2-1-3-13(14)20(28)24-15)26-22-25-16(10-32-22)12-5-7-17-18(9-12)31-11-30-17/h1-5,7,9-10,15H,6,8,11H2,(H,23,29)(H,24,28)(H,25,26,27)/t15-/m1/s1. The fourth-order valence-electron chi connectivity index (χ4n) is 3.49. The third-order valence-corrected chi connectivity index (χ3v) is 5.89. The molecule has 9 nitrogen and oxygen atoms in total. The molecular formula is C22H18N4O5S. The van der Waals surface area contributed by atoms with Crippen LogP contribution < -0.4 is 25.4 Å². The molecule has 1 aromatic heterocycles. The monoisotopic (exact) mass is 450 g/mol. The lowest BCUT2D eigenvalue weighted by Gasteiger charge is -2.13. The Balaban J connectivity index is 1.19. The number of rotatable bonds is 5. The van der Waals surface area contributed by atoms with E-state index < -0.39 is 6.04 Å². The lowest BCUT2D eigenvalue weighted by atomic mass is 10.1. The van der Waals surface area contributed by atoms with Gasteiger partial charge in [0.2, 0.25) is 18.6 Å². The number of carbonyl (C=O) groups is 3. The van der Waals surface area contributed by atoms with Crippen LogP contribution in [0, 0.1) is 0 Å². The Kier molecular flexibility index (Phi) is 5.20. The molecule has 3 heterocycles. The van der Waals surface area contributed by atoms with Crippen molar-refractivity contribution in [3.8, 4) is 22.8 Å². The van der Waals surface area contributed by atoms with E-state index in [0.29, 0.717) is 33.6 Å². The van der Waals surface area contributed by atoms with Crippen LogP contribution in [0.3, 0.4) is 0 Å². The van der Waals surface area contributed by atoms with Crippen LogP contribution in [0.2, 0.25) is 0 Å². The number of ether oxygens (including phenoxy) is 2. The summed E-state index contributed by atoms with van der Waals surface area (Å²) in [5.41, 5.74) is 2.41. The van der Waals surface area contributed by atoms with Crippen molar-refractivity contribution in [1.29, 1.82) is 0 Å². The summed E-state index contributed by atoms with van der Waals surface area (Å²) in [6.07, 6.45) is 0.214. The molecule has 0 spiro atoms. The van der Waals surface area contributed by atoms with Gasteiger partial charge in [-0.2, -0.15) is 0 Å². The van der Waals surface area contributed by atoms with E-state index in [1.165, 1.54) is 11.3 Å². The molecule has 10 heteroatoms. The average molecular weight is 450 g/mol. The molecule has 0 saturated heterocycles. The Morgan fingerprint density at radius 3 is 2.91 bits per heavy atom. The minimum atomic E-state index is -0.805. The summed E-state index contributed by atoms with van der Waals surface area (Å²) < 4.78 is 10.7. The Bertz CT molecular complexity index is 1220. The second-order valence-electron chi connectivity index (χ2n) is 7.25. The van der Waals surface area contributed by atoms with Gasteiger partial charge in [0.25, 0.3) is 5.91 Å². The average Bonchev–Trinajstić information content (AvgIpc) is 3.43. The van der Waals surface area contributed by atoms with Crippen molar-refractivity contribution in [2.24, 2.45) is 0 Å². The maximum atomic E-state index is 12.4. The van der Waals surface area contributed by atoms with Crippen LogP contribution in [0.4, 0.5) is 10.8 Å². The summed E-state index contributed by atoms with van der Waals surface area (Å²) in [7, 11) is 0. The van der Waals surface area contributed by atoms with Gasteiger partial charge in [-0.05, 0) is 36.8 Å². The van der Waals surface area contributed by atoms with Crippen LogP contribution in [0.1, 0.15) is 23.2 Å². The van der Waals surface area contributed by atoms with E-state index in [-0.39, 0.29) is 37.4 Å². The molecule has 5 rings (SSSR count). The SMILES string of the molecule is O=C(CC[C@H]1NC(=O)c2ccccc2NC1=O)Nc1nc(-c2ccc3c(c2)OCO3)cs1. The number of fused-ring (bicyclic) bond motifs is 2. The normalized spacial score (nSPS) is 16.6. The van der Waals surface area contributed by atoms with Crippen LogP contribution in [-0.2, 0) is 9.59 Å². The molecule has 0 aliphatic carbocycles. The number of amides is 3. The first-order valence-electron chi connectivity index (χ1n) is 9.93. The van der Waals surface area contributed by atoms with Gasteiger partial charge in [-0.1, -0.05) is 12.1 Å². The van der Waals surface area contributed by atoms with Crippen LogP contribution in [0.5, 0.6) is 11.5 Å². The zero-order valence-corrected chi connectivity index (χ0v) is 17.5. The molecular weight excluding hydrogens is 432 g/mol. The van der Waals surface area contributed by atoms with Crippen molar-refractivity contribution in [1.82, 2.24) is 10.3 Å². The largest absolute Gasteiger partial charge is 0.454 e. The lowest BCUT2D eigenvalue weighted by Crippen LogP contribution is -2.41. The molecule has 2 aliphatic heterocycles. The third kappa shape index (κ3) is 4.00. The molecule has 162 valence electrons. The van der Waals surface area contributed by atoms with E-state index in [0.717, 1.165) is 5.56 Å². The first-order valence-corrected chi connectivity index (χ1v) is 10.8. The van der Waals surface area contributed by atoms with Gasteiger partial charge in [0, 0.05) is 17.4 Å². The van der Waals surface area contributed by atoms with Crippen molar-refractivity contribution >= 4 is 39.9 Å². The fraction of sp³-hybridized carbons (Fsp3) is 0.182. The zero-order chi connectivity index (χ0) is 22.1. The maximum absolute atomic E-state index is 12.4. The Morgan fingerprint density at radius 1 is 1.16 bits per heavy atom. The highest BCUT2D eigenvalue weighted by Gasteiger charge is 2.28. The van der Waals surface area contributed by atoms with Gasteiger partial charge in [0.15, 0.2) is 16.6 Å². The van der Waals surface area contributed by atoms with Gasteiger partial charge in [0.05, 0.1) is 16.9 Å². The van der Waals surface area contributed by atoms with Gasteiger partial charge in [0.1, 0.15) is 6.04 Å². The fourth-order valence-corrected chi connectivity index (χ4v) is 4.23. The van der Waals surface area contributed by atoms with Gasteiger partial charge in [-0.25, -0.2) is 4.98 Å². The van der Waals surface area contributed by atoms with Crippen molar-refractivity contribution < 1.29 is 23.9 Å². The van der Waals surface area contributed by atoms with Crippen LogP contribution >= 0.6 is 11.3 Å². The Morgan fingerprint density at radius 2 is 2.00 bits per heavy atom. The van der Waals surface area contributed by atoms with E-state index in [9.17, 15) is 14.4 Å². The highest BCUT2D eigenvalue weighted by molar-refractivity contribution is 7.14. The number of anilines is 2. The third-order valence-electron chi connectivity index (χ3n) is 5.13. The number of benzene rings is 2. The van der Waals surface area contributed by atoms with E-state index in [1.54, 1.807) is 24.3 Å². The first-order chi connectivity index (χ1) is 15.6. The number of thiazole rings is 1. The summed E-state index contributed by atoms with van der Waals surface area (Å²) in [6.45, 7) is 0.197. The minimum absolute atomic E-state index is 0.0493. The number of nitrogens with one attached hydrogen (secondary N) is 3. The summed E-state index contributed by atoms with van der Waals surface area (Å²) in [4.78, 5) is 41.7. The van der Waals surface area contributed by atoms with E-state index in [1.807, 2.05) is 23.6 Å². The van der Waals surface area contributed by atoms with Crippen molar-refractivity contribution in [3.05, 3.63) is 53.4 Å². The van der Waals surface area contributed by atoms with Crippen LogP contribution in [0.25, 0.3) is 11.3 Å². The van der Waals surface area contributed by atoms with Crippen molar-refractivity contribution in [2.45, 2.75) is 18.9 Å². The van der Waals surface area contributed by atoms with Crippen LogP contribution in [0.15, 0.2) is 47.8 Å². The first kappa shape index (κ1) is 20.0. The van der Waals surface area contributed by atoms with Gasteiger partial charge >= 0.3 is 0 Å². The second kappa shape index (κ2) is 8.31. The highest BCUT2D eigenvalue weighted by atomic mass is 32.1. The number of carbonyl (C=O) groups excluding carboxylic acids is 3. The molecule has 32 heavy (non-hydrogen) atoms. The van der Waals surface area contributed by atoms with E-state index >= 15 is 0 Å². The Hall–Kier alpha value is -3.92. The second-order valence-corrected chi connectivity index (χ2v) is 8.11. The predicted octanol–water partition coefficient (Wildman–Crippen LogP) is 3.01. The minimum Gasteiger partial charge on any atom is -0.454 e. The molecule has 2 aliphatic rings. The molecule has 0 bridgehead atoms. The highest BCUT2D eigenvalue weighted by Crippen LogP contribution is 2.36. The molecule has 0 unspecified atom stereocenters. The van der Waals surface area contributed by atoms with Gasteiger partial charge in [-0.3, -0.25) is 14.4 Å². The molecule has 2 aromatic carbocycles. The van der Waals surface area contributed by atoms with Crippen LogP contribution in [-0.4, -0.2) is 35.5 Å². The summed E-state index contributed by atoms with van der Waals surface area (Å²) >= 11 is 1.30. The molecule has 0 radical (unpaired) electrons. The predicted molar refractivity (Wildman–Crippen MR) is 118 cm³/mol. The molecule has 3 aromatic rings. The molecule has 3 amide bonds. The van der Waals surface area contributed by atoms with Crippen molar-refractivity contribution in [2.75, 3.05) is 17.4 Å². The molecule has 0 fully saturated rings. The molecule has 3 N–H and O–H groups in total.